The number of amidine groups is 2. The minimum atomic E-state index is -3.78. The zero-order valence-electron chi connectivity index (χ0n) is 18.7. The van der Waals surface area contributed by atoms with Gasteiger partial charge in [0.15, 0.2) is 9.96 Å². The van der Waals surface area contributed by atoms with Crippen LogP contribution in [0.25, 0.3) is 0 Å². The van der Waals surface area contributed by atoms with Gasteiger partial charge in [-0.3, -0.25) is 4.99 Å². The van der Waals surface area contributed by atoms with Crippen LogP contribution in [0.1, 0.15) is 49.4 Å². The first-order valence-electron chi connectivity index (χ1n) is 10.1. The summed E-state index contributed by atoms with van der Waals surface area (Å²) in [5.41, 5.74) is 6.17. The van der Waals surface area contributed by atoms with Crippen LogP contribution in [-0.4, -0.2) is 42.6 Å². The molecule has 0 aliphatic heterocycles. The van der Waals surface area contributed by atoms with E-state index in [0.29, 0.717) is 5.84 Å². The number of aliphatic imine (C=N–C) groups is 1. The van der Waals surface area contributed by atoms with Crippen LogP contribution >= 0.6 is 35.5 Å². The van der Waals surface area contributed by atoms with Crippen molar-refractivity contribution in [2.24, 2.45) is 16.1 Å². The maximum atomic E-state index is 12.8. The van der Waals surface area contributed by atoms with Crippen molar-refractivity contribution in [2.45, 2.75) is 56.8 Å². The van der Waals surface area contributed by atoms with E-state index in [4.69, 9.17) is 5.73 Å². The maximum Gasteiger partial charge on any atom is 0.322 e. The molecule has 0 bridgehead atoms. The molecule has 2 heterocycles. The Labute approximate surface area is 202 Å². The molecule has 1 atom stereocenters. The zero-order valence-corrected chi connectivity index (χ0v) is 22.1. The molecule has 1 aliphatic rings. The van der Waals surface area contributed by atoms with Gasteiger partial charge in [0.2, 0.25) is 5.84 Å². The van der Waals surface area contributed by atoms with Crippen molar-refractivity contribution in [3.8, 4) is 5.75 Å². The highest BCUT2D eigenvalue weighted by Gasteiger charge is 2.38. The molecule has 0 radical (unpaired) electrons. The minimum absolute atomic E-state index is 0.00809. The largest absolute Gasteiger partial charge is 0.504 e. The summed E-state index contributed by atoms with van der Waals surface area (Å²) in [5, 5.41) is 12.1. The Morgan fingerprint density at radius 3 is 2.56 bits per heavy atom. The zero-order chi connectivity index (χ0) is 23.8. The molecule has 32 heavy (non-hydrogen) atoms. The van der Waals surface area contributed by atoms with Gasteiger partial charge in [-0.05, 0) is 31.9 Å². The number of nitrogens with two attached hydrogens (primary N) is 1. The highest BCUT2D eigenvalue weighted by molar-refractivity contribution is 7.91. The van der Waals surface area contributed by atoms with Gasteiger partial charge in [-0.2, -0.15) is 4.31 Å². The predicted molar refractivity (Wildman–Crippen MR) is 135 cm³/mol. The Morgan fingerprint density at radius 1 is 1.41 bits per heavy atom. The summed E-state index contributed by atoms with van der Waals surface area (Å²) >= 11 is 6.79. The van der Waals surface area contributed by atoms with Gasteiger partial charge in [-0.15, -0.1) is 22.7 Å². The molecule has 1 fully saturated rings. The van der Waals surface area contributed by atoms with Crippen LogP contribution in [0.3, 0.4) is 0 Å². The van der Waals surface area contributed by atoms with E-state index in [2.05, 4.69) is 67.3 Å². The summed E-state index contributed by atoms with van der Waals surface area (Å²) in [6.45, 7) is 8.39. The van der Waals surface area contributed by atoms with Crippen LogP contribution in [0.2, 0.25) is 0 Å². The van der Waals surface area contributed by atoms with Crippen molar-refractivity contribution >= 4 is 62.9 Å². The lowest BCUT2D eigenvalue weighted by Crippen LogP contribution is -2.81. The Morgan fingerprint density at radius 2 is 2.06 bits per heavy atom. The fourth-order valence-corrected chi connectivity index (χ4v) is 7.32. The van der Waals surface area contributed by atoms with Crippen molar-refractivity contribution in [1.29, 1.82) is 0 Å². The van der Waals surface area contributed by atoms with E-state index in [1.165, 1.54) is 21.6 Å². The van der Waals surface area contributed by atoms with Crippen molar-refractivity contribution in [3.63, 3.8) is 0 Å². The Hall–Kier alpha value is -1.60. The van der Waals surface area contributed by atoms with Crippen LogP contribution in [0, 0.1) is 12.3 Å². The summed E-state index contributed by atoms with van der Waals surface area (Å²) in [6.07, 6.45) is 1.66. The van der Waals surface area contributed by atoms with Crippen molar-refractivity contribution < 1.29 is 18.5 Å². The molecule has 12 heteroatoms. The summed E-state index contributed by atoms with van der Waals surface area (Å²) in [7, 11) is -2.25. The van der Waals surface area contributed by atoms with E-state index in [1.54, 1.807) is 11.3 Å². The lowest BCUT2D eigenvalue weighted by atomic mass is 9.86. The fraction of sp³-hybridized carbons (Fsp3) is 0.500. The normalized spacial score (nSPS) is 17.1. The molecule has 2 aromatic heterocycles. The summed E-state index contributed by atoms with van der Waals surface area (Å²) in [5.74, 6) is 0.0183. The fourth-order valence-electron chi connectivity index (χ4n) is 3.17. The van der Waals surface area contributed by atoms with Gasteiger partial charge in [0.25, 0.3) is 10.0 Å². The van der Waals surface area contributed by atoms with E-state index < -0.39 is 15.8 Å². The number of aromatic hydroxyl groups is 1. The molecule has 0 amide bonds. The molecule has 2 aromatic rings. The van der Waals surface area contributed by atoms with Gasteiger partial charge < -0.3 is 10.8 Å². The van der Waals surface area contributed by atoms with Gasteiger partial charge in [-0.1, -0.05) is 20.8 Å². The van der Waals surface area contributed by atoms with E-state index in [9.17, 15) is 13.5 Å². The number of aryl methyl sites for hydroxylation is 1. The van der Waals surface area contributed by atoms with Gasteiger partial charge in [0.05, 0.1) is 0 Å². The molecule has 1 aliphatic carbocycles. The SMILES string of the molecule is Cc1ccc([C@H]([NH+]=C(NS)C(N)=Nc2csc(S(=O)(=O)N(C)C3CC3)c2O)C(C)(C)C)s1. The minimum Gasteiger partial charge on any atom is -0.504 e. The second kappa shape index (κ2) is 9.34. The molecular formula is C20H30N5O3S4+. The number of nitrogens with zero attached hydrogens (tertiary/aromatic N) is 2. The second-order valence-corrected chi connectivity index (χ2v) is 13.5. The molecule has 0 saturated heterocycles. The number of thiophene rings is 2. The third-order valence-electron chi connectivity index (χ3n) is 5.20. The quantitative estimate of drug-likeness (QED) is 0.229. The number of hydrogen-bond acceptors (Lipinski definition) is 7. The van der Waals surface area contributed by atoms with Crippen LogP contribution in [0.4, 0.5) is 5.69 Å². The van der Waals surface area contributed by atoms with Crippen molar-refractivity contribution in [2.75, 3.05) is 7.05 Å². The summed E-state index contributed by atoms with van der Waals surface area (Å²) in [6, 6.07) is 4.05. The summed E-state index contributed by atoms with van der Waals surface area (Å²) < 4.78 is 29.5. The van der Waals surface area contributed by atoms with Gasteiger partial charge >= 0.3 is 5.84 Å². The van der Waals surface area contributed by atoms with Crippen molar-refractivity contribution in [3.05, 3.63) is 27.3 Å². The third kappa shape index (κ3) is 5.30. The standard InChI is InChI=1S/C20H29N5O3S4/c1-11-6-9-14(31-11)16(20(2,3)4)23-18(24-29)17(21)22-13-10-30-19(15(13)26)32(27,28)25(5)12-7-8-12/h6,9-10,12,16,26,29H,7-8H2,1-5H3,(H2,21,22)(H,23,24)/p+1/t16-/m0/s1. The number of rotatable bonds is 6. The summed E-state index contributed by atoms with van der Waals surface area (Å²) in [4.78, 5) is 9.99. The Balaban J connectivity index is 1.95. The predicted octanol–water partition coefficient (Wildman–Crippen LogP) is 2.30. The molecule has 0 aromatic carbocycles. The van der Waals surface area contributed by atoms with E-state index in [1.807, 2.05) is 0 Å². The molecular weight excluding hydrogens is 487 g/mol. The van der Waals surface area contributed by atoms with Gasteiger partial charge in [-0.25, -0.2) is 18.1 Å². The molecule has 0 unspecified atom stereocenters. The van der Waals surface area contributed by atoms with E-state index in [-0.39, 0.29) is 33.2 Å². The van der Waals surface area contributed by atoms with Crippen LogP contribution in [-0.2, 0) is 10.0 Å². The van der Waals surface area contributed by atoms with Crippen molar-refractivity contribution in [1.82, 2.24) is 9.03 Å². The Bertz CT molecular complexity index is 1140. The average Bonchev–Trinajstić information content (AvgIpc) is 3.37. The molecule has 1 saturated carbocycles. The molecule has 8 nitrogen and oxygen atoms in total. The highest BCUT2D eigenvalue weighted by Crippen LogP contribution is 2.42. The smallest absolute Gasteiger partial charge is 0.322 e. The number of thiol groups is 1. The lowest BCUT2D eigenvalue weighted by molar-refractivity contribution is -0.528. The van der Waals surface area contributed by atoms with Gasteiger partial charge in [0, 0.05) is 46.5 Å². The van der Waals surface area contributed by atoms with Crippen LogP contribution in [0.15, 0.2) is 26.7 Å². The second-order valence-electron chi connectivity index (χ2n) is 8.89. The first-order valence-corrected chi connectivity index (χ1v) is 13.7. The van der Waals surface area contributed by atoms with Crippen LogP contribution < -0.4 is 15.4 Å². The lowest BCUT2D eigenvalue weighted by Gasteiger charge is -2.25. The molecule has 176 valence electrons. The third-order valence-corrected chi connectivity index (χ3v) is 9.87. The van der Waals surface area contributed by atoms with E-state index in [0.717, 1.165) is 29.1 Å². The maximum absolute atomic E-state index is 12.8. The number of sulfonamides is 1. The molecule has 3 rings (SSSR count). The topological polar surface area (TPSA) is 122 Å². The highest BCUT2D eigenvalue weighted by atomic mass is 32.2. The number of hydrogen-bond donors (Lipinski definition) is 5. The van der Waals surface area contributed by atoms with Crippen LogP contribution in [0.5, 0.6) is 5.75 Å². The van der Waals surface area contributed by atoms with E-state index >= 15 is 0 Å². The average molecular weight is 517 g/mol. The molecule has 0 spiro atoms. The number of nitrogens with one attached hydrogen (secondary N) is 2. The monoisotopic (exact) mass is 516 g/mol. The molecule has 5 N–H and O–H groups in total. The van der Waals surface area contributed by atoms with Gasteiger partial charge in [0.1, 0.15) is 11.7 Å². The first-order chi connectivity index (χ1) is 14.9. The Kier molecular flexibility index (Phi) is 7.30. The first kappa shape index (κ1) is 25.0.